The van der Waals surface area contributed by atoms with Crippen LogP contribution in [0.3, 0.4) is 0 Å². The van der Waals surface area contributed by atoms with Crippen LogP contribution >= 0.6 is 0 Å². The molecule has 0 saturated carbocycles. The van der Waals surface area contributed by atoms with E-state index in [2.05, 4.69) is 4.98 Å². The Bertz CT molecular complexity index is 730. The Morgan fingerprint density at radius 3 is 3.08 bits per heavy atom. The number of amides is 1. The zero-order valence-corrected chi connectivity index (χ0v) is 13.6. The van der Waals surface area contributed by atoms with Crippen LogP contribution < -0.4 is 4.74 Å². The summed E-state index contributed by atoms with van der Waals surface area (Å²) in [4.78, 5) is 18.6. The van der Waals surface area contributed by atoms with E-state index in [4.69, 9.17) is 13.9 Å². The van der Waals surface area contributed by atoms with Crippen LogP contribution in [0.15, 0.2) is 41.1 Å². The van der Waals surface area contributed by atoms with Gasteiger partial charge >= 0.3 is 0 Å². The highest BCUT2D eigenvalue weighted by Crippen LogP contribution is 2.37. The molecule has 2 aromatic heterocycles. The second-order valence-electron chi connectivity index (χ2n) is 6.52. The first-order valence-electron chi connectivity index (χ1n) is 8.20. The molecule has 0 unspecified atom stereocenters. The van der Waals surface area contributed by atoms with Crippen LogP contribution in [0.5, 0.6) is 5.88 Å². The van der Waals surface area contributed by atoms with Gasteiger partial charge in [0.25, 0.3) is 5.91 Å². The van der Waals surface area contributed by atoms with Crippen LogP contribution in [0.4, 0.5) is 0 Å². The van der Waals surface area contributed by atoms with Crippen LogP contribution in [0.25, 0.3) is 0 Å². The smallest absolute Gasteiger partial charge is 0.289 e. The van der Waals surface area contributed by atoms with Crippen molar-refractivity contribution in [3.8, 4) is 5.88 Å². The van der Waals surface area contributed by atoms with Crippen LogP contribution in [0.1, 0.15) is 29.0 Å². The predicted molar refractivity (Wildman–Crippen MR) is 85.9 cm³/mol. The van der Waals surface area contributed by atoms with Gasteiger partial charge in [-0.3, -0.25) is 4.79 Å². The Labute approximate surface area is 140 Å². The highest BCUT2D eigenvalue weighted by atomic mass is 16.6. The van der Waals surface area contributed by atoms with Crippen molar-refractivity contribution < 1.29 is 18.7 Å². The molecule has 2 aliphatic rings. The highest BCUT2D eigenvalue weighted by molar-refractivity contribution is 5.93. The van der Waals surface area contributed by atoms with Crippen molar-refractivity contribution in [1.29, 1.82) is 0 Å². The number of aromatic nitrogens is 1. The Morgan fingerprint density at radius 1 is 1.42 bits per heavy atom. The van der Waals surface area contributed by atoms with E-state index in [-0.39, 0.29) is 17.6 Å². The Kier molecular flexibility index (Phi) is 3.76. The van der Waals surface area contributed by atoms with Crippen molar-refractivity contribution in [2.75, 3.05) is 19.7 Å². The Balaban J connectivity index is 1.40. The van der Waals surface area contributed by atoms with E-state index >= 15 is 0 Å². The number of rotatable bonds is 3. The number of ether oxygens (including phenoxy) is 2. The zero-order chi connectivity index (χ0) is 16.6. The summed E-state index contributed by atoms with van der Waals surface area (Å²) in [6, 6.07) is 7.41. The van der Waals surface area contributed by atoms with Crippen molar-refractivity contribution in [2.45, 2.75) is 31.5 Å². The number of pyridine rings is 1. The first-order chi connectivity index (χ1) is 11.7. The standard InChI is InChI=1S/C18H20N2O4/c1-13-5-9-22-16(13)17(21)20-8-6-18(12-20)10-14(11-23-18)24-15-4-2-3-7-19-15/h2-5,7,9,14H,6,8,10-12H2,1H3/t14-,18+/m1/s1. The number of likely N-dealkylation sites (tertiary alicyclic amines) is 1. The third-order valence-corrected chi connectivity index (χ3v) is 4.76. The summed E-state index contributed by atoms with van der Waals surface area (Å²) in [7, 11) is 0. The van der Waals surface area contributed by atoms with Gasteiger partial charge in [0.05, 0.1) is 25.0 Å². The molecule has 2 saturated heterocycles. The molecule has 2 fully saturated rings. The van der Waals surface area contributed by atoms with Gasteiger partial charge in [-0.1, -0.05) is 6.07 Å². The van der Waals surface area contributed by atoms with Crippen molar-refractivity contribution >= 4 is 5.91 Å². The fourth-order valence-corrected chi connectivity index (χ4v) is 3.50. The number of furan rings is 1. The van der Waals surface area contributed by atoms with Gasteiger partial charge in [-0.2, -0.15) is 0 Å². The van der Waals surface area contributed by atoms with E-state index in [0.29, 0.717) is 31.3 Å². The average molecular weight is 328 g/mol. The maximum atomic E-state index is 12.6. The summed E-state index contributed by atoms with van der Waals surface area (Å²) in [5.41, 5.74) is 0.556. The molecule has 0 bridgehead atoms. The molecule has 0 aliphatic carbocycles. The summed E-state index contributed by atoms with van der Waals surface area (Å²) >= 11 is 0. The largest absolute Gasteiger partial charge is 0.472 e. The van der Waals surface area contributed by atoms with Gasteiger partial charge in [-0.05, 0) is 25.5 Å². The van der Waals surface area contributed by atoms with Gasteiger partial charge in [0.15, 0.2) is 5.76 Å². The van der Waals surface area contributed by atoms with E-state index in [0.717, 1.165) is 18.4 Å². The topological polar surface area (TPSA) is 64.8 Å². The van der Waals surface area contributed by atoms with E-state index in [1.54, 1.807) is 12.5 Å². The molecule has 24 heavy (non-hydrogen) atoms. The van der Waals surface area contributed by atoms with Gasteiger partial charge in [0, 0.05) is 30.8 Å². The van der Waals surface area contributed by atoms with E-state index < -0.39 is 0 Å². The number of aryl methyl sites for hydroxylation is 1. The second kappa shape index (κ2) is 5.94. The Hall–Kier alpha value is -2.34. The van der Waals surface area contributed by atoms with Crippen LogP contribution in [0, 0.1) is 6.92 Å². The van der Waals surface area contributed by atoms with Gasteiger partial charge in [-0.15, -0.1) is 0 Å². The molecular weight excluding hydrogens is 308 g/mol. The molecule has 2 atom stereocenters. The molecule has 0 aromatic carbocycles. The molecule has 0 radical (unpaired) electrons. The fraction of sp³-hybridized carbons (Fsp3) is 0.444. The predicted octanol–water partition coefficient (Wildman–Crippen LogP) is 2.44. The lowest BCUT2D eigenvalue weighted by Gasteiger charge is -2.23. The summed E-state index contributed by atoms with van der Waals surface area (Å²) < 4.78 is 17.3. The molecule has 0 N–H and O–H groups in total. The maximum Gasteiger partial charge on any atom is 0.289 e. The molecule has 4 heterocycles. The summed E-state index contributed by atoms with van der Waals surface area (Å²) in [5.74, 6) is 0.971. The lowest BCUT2D eigenvalue weighted by Crippen LogP contribution is -2.36. The molecule has 2 aliphatic heterocycles. The molecule has 2 aromatic rings. The fourth-order valence-electron chi connectivity index (χ4n) is 3.50. The minimum Gasteiger partial charge on any atom is -0.472 e. The molecule has 1 amide bonds. The van der Waals surface area contributed by atoms with Crippen molar-refractivity contribution in [2.24, 2.45) is 0 Å². The van der Waals surface area contributed by atoms with Crippen molar-refractivity contribution in [3.63, 3.8) is 0 Å². The number of hydrogen-bond donors (Lipinski definition) is 0. The normalized spacial score (nSPS) is 26.2. The van der Waals surface area contributed by atoms with Gasteiger partial charge in [0.1, 0.15) is 6.10 Å². The minimum absolute atomic E-state index is 0.0275. The first-order valence-corrected chi connectivity index (χ1v) is 8.20. The van der Waals surface area contributed by atoms with Gasteiger partial charge in [0.2, 0.25) is 5.88 Å². The number of nitrogens with zero attached hydrogens (tertiary/aromatic N) is 2. The summed E-state index contributed by atoms with van der Waals surface area (Å²) in [6.07, 6.45) is 4.82. The minimum atomic E-state index is -0.310. The van der Waals surface area contributed by atoms with Crippen LogP contribution in [0.2, 0.25) is 0 Å². The zero-order valence-electron chi connectivity index (χ0n) is 13.6. The summed E-state index contributed by atoms with van der Waals surface area (Å²) in [5, 5.41) is 0. The number of carbonyl (C=O) groups excluding carboxylic acids is 1. The quantitative estimate of drug-likeness (QED) is 0.866. The molecule has 4 rings (SSSR count). The van der Waals surface area contributed by atoms with E-state index in [1.807, 2.05) is 36.1 Å². The van der Waals surface area contributed by atoms with E-state index in [9.17, 15) is 4.79 Å². The SMILES string of the molecule is Cc1ccoc1C(=O)N1CC[C@]2(C[C@@H](Oc3ccccn3)CO2)C1. The summed E-state index contributed by atoms with van der Waals surface area (Å²) in [6.45, 7) is 3.66. The number of hydrogen-bond acceptors (Lipinski definition) is 5. The molecule has 6 heteroatoms. The maximum absolute atomic E-state index is 12.6. The first kappa shape index (κ1) is 15.2. The molecule has 126 valence electrons. The third kappa shape index (κ3) is 2.78. The lowest BCUT2D eigenvalue weighted by molar-refractivity contribution is 0.00954. The van der Waals surface area contributed by atoms with Crippen molar-refractivity contribution in [1.82, 2.24) is 9.88 Å². The monoisotopic (exact) mass is 328 g/mol. The lowest BCUT2D eigenvalue weighted by atomic mass is 9.98. The number of carbonyl (C=O) groups is 1. The van der Waals surface area contributed by atoms with Crippen LogP contribution in [-0.2, 0) is 4.74 Å². The molecular formula is C18H20N2O4. The molecule has 1 spiro atoms. The van der Waals surface area contributed by atoms with Crippen molar-refractivity contribution in [3.05, 3.63) is 48.0 Å². The Morgan fingerprint density at radius 2 is 2.33 bits per heavy atom. The van der Waals surface area contributed by atoms with Gasteiger partial charge in [-0.25, -0.2) is 4.98 Å². The highest BCUT2D eigenvalue weighted by Gasteiger charge is 2.48. The second-order valence-corrected chi connectivity index (χ2v) is 6.52. The molecule has 6 nitrogen and oxygen atoms in total. The van der Waals surface area contributed by atoms with E-state index in [1.165, 1.54) is 0 Å². The van der Waals surface area contributed by atoms with Crippen LogP contribution in [-0.4, -0.2) is 47.2 Å². The van der Waals surface area contributed by atoms with Gasteiger partial charge < -0.3 is 18.8 Å². The average Bonchev–Trinajstić information content (AvgIpc) is 3.30. The third-order valence-electron chi connectivity index (χ3n) is 4.76.